The third-order valence-corrected chi connectivity index (χ3v) is 7.33. The van der Waals surface area contributed by atoms with Gasteiger partial charge in [-0.15, -0.1) is 0 Å². The summed E-state index contributed by atoms with van der Waals surface area (Å²) in [7, 11) is 1.63. The zero-order chi connectivity index (χ0) is 22.9. The third kappa shape index (κ3) is 8.50. The molecule has 0 aliphatic carbocycles. The van der Waals surface area contributed by atoms with E-state index in [0.717, 1.165) is 6.42 Å². The number of hydrogen-bond acceptors (Lipinski definition) is 10. The number of methoxy groups -OCH3 is 1. The average Bonchev–Trinajstić information content (AvgIpc) is 3.26. The summed E-state index contributed by atoms with van der Waals surface area (Å²) in [5.41, 5.74) is 0. The zero-order valence-electron chi connectivity index (χ0n) is 17.7. The Morgan fingerprint density at radius 1 is 1.19 bits per heavy atom. The summed E-state index contributed by atoms with van der Waals surface area (Å²) in [6, 6.07) is 0. The molecule has 2 fully saturated rings. The van der Waals surface area contributed by atoms with Crippen molar-refractivity contribution < 1.29 is 32.5 Å². The van der Waals surface area contributed by atoms with Gasteiger partial charge in [0.1, 0.15) is 25.4 Å². The van der Waals surface area contributed by atoms with Crippen LogP contribution in [0.3, 0.4) is 0 Å². The van der Waals surface area contributed by atoms with Crippen LogP contribution in [0.5, 0.6) is 0 Å². The van der Waals surface area contributed by atoms with Crippen molar-refractivity contribution in [2.45, 2.75) is 63.3 Å². The van der Waals surface area contributed by atoms with Gasteiger partial charge in [-0.3, -0.25) is 5.32 Å². The molecule has 1 N–H and O–H groups in total. The molecule has 7 atom stereocenters. The highest BCUT2D eigenvalue weighted by atomic mass is 32.5. The van der Waals surface area contributed by atoms with E-state index in [9.17, 15) is 0 Å². The van der Waals surface area contributed by atoms with Crippen LogP contribution in [0.2, 0.25) is 0 Å². The molecule has 0 aromatic carbocycles. The first kappa shape index (κ1) is 26.3. The summed E-state index contributed by atoms with van der Waals surface area (Å²) < 4.78 is 40.3. The molecule has 0 amide bonds. The van der Waals surface area contributed by atoms with Crippen LogP contribution < -0.4 is 5.32 Å². The van der Waals surface area contributed by atoms with Gasteiger partial charge in [0, 0.05) is 20.0 Å². The Balaban J connectivity index is 2.01. The smallest absolute Gasteiger partial charge is 0.327 e. The molecule has 0 radical (unpaired) electrons. The van der Waals surface area contributed by atoms with E-state index in [4.69, 9.17) is 68.4 Å². The lowest BCUT2D eigenvalue weighted by Gasteiger charge is -2.28. The van der Waals surface area contributed by atoms with Gasteiger partial charge < -0.3 is 37.4 Å². The Labute approximate surface area is 193 Å². The van der Waals surface area contributed by atoms with Gasteiger partial charge in [0.25, 0.3) is 5.17 Å². The Bertz CT molecular complexity index is 732. The zero-order valence-corrected chi connectivity index (χ0v) is 20.3. The van der Waals surface area contributed by atoms with Crippen LogP contribution in [0.1, 0.15) is 26.7 Å². The first-order valence-corrected chi connectivity index (χ1v) is 12.8. The molecular weight excluding hydrogens is 465 g/mol. The van der Waals surface area contributed by atoms with E-state index in [1.807, 2.05) is 13.8 Å². The van der Waals surface area contributed by atoms with Crippen molar-refractivity contribution in [1.82, 2.24) is 5.32 Å². The van der Waals surface area contributed by atoms with E-state index in [2.05, 4.69) is 10.2 Å². The van der Waals surface area contributed by atoms with E-state index < -0.39 is 18.9 Å². The molecule has 2 heterocycles. The molecule has 2 aliphatic heterocycles. The number of hydrogen-bond donors (Lipinski definition) is 1. The van der Waals surface area contributed by atoms with Crippen molar-refractivity contribution in [3.8, 4) is 6.19 Å². The topological polar surface area (TPSA) is 105 Å². The second kappa shape index (κ2) is 12.9. The normalized spacial score (nSPS) is 32.0. The molecule has 0 aromatic heterocycles. The molecule has 2 rings (SSSR count). The summed E-state index contributed by atoms with van der Waals surface area (Å²) in [6.07, 6.45) is 1.64. The Morgan fingerprint density at radius 2 is 1.84 bits per heavy atom. The number of rotatable bonds is 11. The van der Waals surface area contributed by atoms with E-state index in [-0.39, 0.29) is 56.0 Å². The molecule has 0 bridgehead atoms. The lowest BCUT2D eigenvalue weighted by molar-refractivity contribution is -0.0370. The molecule has 2 aliphatic rings. The van der Waals surface area contributed by atoms with Gasteiger partial charge in [-0.25, -0.2) is 6.57 Å². The second-order valence-electron chi connectivity index (χ2n) is 7.15. The molecule has 2 saturated heterocycles. The molecule has 3 unspecified atom stereocenters. The van der Waals surface area contributed by atoms with Crippen molar-refractivity contribution in [2.75, 3.05) is 33.5 Å². The molecule has 0 saturated carbocycles. The minimum atomic E-state index is -3.21. The van der Waals surface area contributed by atoms with Gasteiger partial charge in [0.15, 0.2) is 6.19 Å². The summed E-state index contributed by atoms with van der Waals surface area (Å²) in [6.45, 7) is 8.09. The minimum Gasteiger partial charge on any atom is -0.467 e. The van der Waals surface area contributed by atoms with Crippen molar-refractivity contribution >= 4 is 35.9 Å². The molecule has 10 nitrogen and oxygen atoms in total. The van der Waals surface area contributed by atoms with Crippen LogP contribution >= 0.6 is 18.9 Å². The number of nitriles is 1. The maximum atomic E-state index is 8.61. The van der Waals surface area contributed by atoms with Crippen LogP contribution in [-0.2, 0) is 44.3 Å². The van der Waals surface area contributed by atoms with E-state index in [0.29, 0.717) is 6.42 Å². The fraction of sp³-hybridized carbons (Fsp3) is 0.833. The summed E-state index contributed by atoms with van der Waals surface area (Å²) in [4.78, 5) is 3.29. The van der Waals surface area contributed by atoms with Crippen molar-refractivity contribution in [3.63, 3.8) is 0 Å². The van der Waals surface area contributed by atoms with Crippen LogP contribution in [-0.4, -0.2) is 75.3 Å². The first-order valence-electron chi connectivity index (χ1n) is 9.86. The molecule has 0 aromatic rings. The molecule has 0 spiro atoms. The van der Waals surface area contributed by atoms with Crippen LogP contribution in [0.25, 0.3) is 4.85 Å². The lowest BCUT2D eigenvalue weighted by atomic mass is 10.1. The van der Waals surface area contributed by atoms with Crippen LogP contribution in [0.15, 0.2) is 0 Å². The fourth-order valence-corrected chi connectivity index (χ4v) is 5.60. The minimum absolute atomic E-state index is 0.0495. The predicted molar refractivity (Wildman–Crippen MR) is 119 cm³/mol. The van der Waals surface area contributed by atoms with Gasteiger partial charge in [0.05, 0.1) is 31.0 Å². The molecule has 174 valence electrons. The quantitative estimate of drug-likeness (QED) is 0.114. The first-order chi connectivity index (χ1) is 14.8. The summed E-state index contributed by atoms with van der Waals surface area (Å²) in [5, 5.41) is 10.8. The van der Waals surface area contributed by atoms with Crippen molar-refractivity contribution in [1.29, 1.82) is 5.26 Å². The fourth-order valence-electron chi connectivity index (χ4n) is 3.36. The number of thiocarbonyl (C=S) groups is 1. The number of nitrogens with one attached hydrogen (secondary N) is 1. The molecule has 31 heavy (non-hydrogen) atoms. The SMILES string of the molecule is [C-]#[N+]CCOP(=S)(OC[C@H]1O[C@@H](C)CC1OC)OC1C[C@H](C)O[C@@H]1COC(=S)NC#N. The van der Waals surface area contributed by atoms with Crippen molar-refractivity contribution in [3.05, 3.63) is 11.4 Å². The van der Waals surface area contributed by atoms with E-state index in [1.165, 1.54) is 0 Å². The second-order valence-corrected chi connectivity index (χ2v) is 10.5. The predicted octanol–water partition coefficient (Wildman–Crippen LogP) is 2.29. The average molecular weight is 494 g/mol. The Kier molecular flexibility index (Phi) is 11.0. The van der Waals surface area contributed by atoms with Gasteiger partial charge >= 0.3 is 6.72 Å². The molecular formula is C18H28N3O7PS2. The largest absolute Gasteiger partial charge is 0.467 e. The summed E-state index contributed by atoms with van der Waals surface area (Å²) >= 11 is 10.5. The van der Waals surface area contributed by atoms with Gasteiger partial charge in [-0.05, 0) is 37.9 Å². The Morgan fingerprint density at radius 3 is 2.45 bits per heavy atom. The maximum absolute atomic E-state index is 8.61. The number of ether oxygens (including phenoxy) is 4. The molecule has 13 heteroatoms. The monoisotopic (exact) mass is 493 g/mol. The maximum Gasteiger partial charge on any atom is 0.327 e. The van der Waals surface area contributed by atoms with Gasteiger partial charge in [-0.2, -0.15) is 5.26 Å². The van der Waals surface area contributed by atoms with E-state index in [1.54, 1.807) is 13.3 Å². The standard InChI is InChI=1S/C18H28N3O7PS2/c1-12-7-14(22-4)17(27-12)10-25-29(31,24-6-5-20-3)28-15-8-13(2)26-16(15)9-23-18(30)21-11-19/h12-17H,5-10H2,1-2,4H3,(H,21,30)/t12-,13-,14?,15?,16+,17+,29?/m0/s1. The van der Waals surface area contributed by atoms with Gasteiger partial charge in [0.2, 0.25) is 6.54 Å². The lowest BCUT2D eigenvalue weighted by Crippen LogP contribution is -2.33. The third-order valence-electron chi connectivity index (χ3n) is 4.73. The summed E-state index contributed by atoms with van der Waals surface area (Å²) in [5.74, 6) is 0. The van der Waals surface area contributed by atoms with Crippen molar-refractivity contribution in [2.24, 2.45) is 0 Å². The highest BCUT2D eigenvalue weighted by molar-refractivity contribution is 8.07. The van der Waals surface area contributed by atoms with Crippen LogP contribution in [0.4, 0.5) is 0 Å². The van der Waals surface area contributed by atoms with Crippen LogP contribution in [0, 0.1) is 18.0 Å². The highest BCUT2D eigenvalue weighted by Crippen LogP contribution is 2.53. The Hall–Kier alpha value is -0.920. The number of nitrogens with zero attached hydrogens (tertiary/aromatic N) is 2. The van der Waals surface area contributed by atoms with E-state index >= 15 is 0 Å². The highest BCUT2D eigenvalue weighted by Gasteiger charge is 2.41. The van der Waals surface area contributed by atoms with Gasteiger partial charge in [-0.1, -0.05) is 0 Å².